The number of hydrogen-bond acceptors (Lipinski definition) is 6. The topological polar surface area (TPSA) is 127 Å². The molecule has 12 heteroatoms. The third-order valence-electron chi connectivity index (χ3n) is 2.29. The van der Waals surface area contributed by atoms with E-state index in [0.717, 1.165) is 4.80 Å². The van der Waals surface area contributed by atoms with Gasteiger partial charge in [0, 0.05) is 0 Å². The van der Waals surface area contributed by atoms with Crippen LogP contribution in [0, 0.1) is 11.6 Å². The van der Waals surface area contributed by atoms with Gasteiger partial charge in [-0.25, -0.2) is 26.7 Å². The van der Waals surface area contributed by atoms with Crippen molar-refractivity contribution in [1.82, 2.24) is 20.2 Å². The molecular weight excluding hydrogens is 312 g/mol. The molecule has 2 rings (SSSR count). The first-order chi connectivity index (χ1) is 9.72. The second-order valence-electron chi connectivity index (χ2n) is 3.75. The molecule has 0 aliphatic heterocycles. The first kappa shape index (κ1) is 14.8. The second-order valence-corrected chi connectivity index (χ2v) is 5.40. The van der Waals surface area contributed by atoms with Gasteiger partial charge in [-0.2, -0.15) is 4.80 Å². The van der Waals surface area contributed by atoms with E-state index in [1.807, 2.05) is 0 Å². The van der Waals surface area contributed by atoms with Gasteiger partial charge in [-0.1, -0.05) is 5.10 Å². The minimum Gasteiger partial charge on any atom is -0.477 e. The summed E-state index contributed by atoms with van der Waals surface area (Å²) in [5, 5.41) is 18.9. The Balaban J connectivity index is 2.50. The molecule has 1 aromatic carbocycles. The van der Waals surface area contributed by atoms with Crippen LogP contribution in [0.2, 0.25) is 0 Å². The molecular formula is C9H7F2N5O4S. The summed E-state index contributed by atoms with van der Waals surface area (Å²) in [5.41, 5.74) is -1.37. The van der Waals surface area contributed by atoms with Crippen LogP contribution < -0.4 is 4.72 Å². The Kier molecular flexibility index (Phi) is 3.55. The van der Waals surface area contributed by atoms with Crippen molar-refractivity contribution in [1.29, 1.82) is 0 Å². The quantitative estimate of drug-likeness (QED) is 0.811. The van der Waals surface area contributed by atoms with E-state index in [2.05, 4.69) is 15.4 Å². The summed E-state index contributed by atoms with van der Waals surface area (Å²) in [6.07, 6.45) is 0. The number of aromatic carboxylic acids is 1. The molecule has 1 heterocycles. The molecule has 9 nitrogen and oxygen atoms in total. The summed E-state index contributed by atoms with van der Waals surface area (Å²) in [6, 6.07) is 1.13. The van der Waals surface area contributed by atoms with Gasteiger partial charge in [0.15, 0.2) is 5.82 Å². The number of rotatable bonds is 4. The number of nitrogens with one attached hydrogen (secondary N) is 1. The van der Waals surface area contributed by atoms with Crippen LogP contribution in [0.25, 0.3) is 0 Å². The molecule has 2 N–H and O–H groups in total. The lowest BCUT2D eigenvalue weighted by Gasteiger charge is -2.07. The molecule has 0 saturated carbocycles. The van der Waals surface area contributed by atoms with Crippen molar-refractivity contribution in [2.75, 3.05) is 4.72 Å². The van der Waals surface area contributed by atoms with Crippen molar-refractivity contribution in [2.24, 2.45) is 7.05 Å². The summed E-state index contributed by atoms with van der Waals surface area (Å²) in [6.45, 7) is 0. The van der Waals surface area contributed by atoms with Gasteiger partial charge in [0.05, 0.1) is 7.05 Å². The summed E-state index contributed by atoms with van der Waals surface area (Å²) < 4.78 is 52.8. The Labute approximate surface area is 116 Å². The molecule has 21 heavy (non-hydrogen) atoms. The maximum Gasteiger partial charge on any atom is 0.341 e. The van der Waals surface area contributed by atoms with Gasteiger partial charge in [0.25, 0.3) is 16.0 Å². The fourth-order valence-electron chi connectivity index (χ4n) is 1.44. The zero-order valence-electron chi connectivity index (χ0n) is 10.3. The number of aryl methyl sites for hydroxylation is 1. The number of carbonyl (C=O) groups is 1. The Morgan fingerprint density at radius 3 is 2.57 bits per heavy atom. The monoisotopic (exact) mass is 319 g/mol. The van der Waals surface area contributed by atoms with Crippen molar-refractivity contribution >= 4 is 21.9 Å². The Hall–Kier alpha value is -2.63. The number of tetrazole rings is 1. The number of halogens is 2. The summed E-state index contributed by atoms with van der Waals surface area (Å²) in [4.78, 5) is 10.6. The van der Waals surface area contributed by atoms with E-state index in [1.54, 1.807) is 4.72 Å². The molecule has 0 unspecified atom stereocenters. The van der Waals surface area contributed by atoms with Gasteiger partial charge < -0.3 is 5.11 Å². The van der Waals surface area contributed by atoms with Gasteiger partial charge in [0.1, 0.15) is 16.3 Å². The molecule has 2 aromatic rings. The maximum absolute atomic E-state index is 13.9. The Morgan fingerprint density at radius 2 is 2.05 bits per heavy atom. The highest BCUT2D eigenvalue weighted by Gasteiger charge is 2.27. The number of carboxylic acids is 1. The molecule has 112 valence electrons. The molecule has 1 aromatic heterocycles. The Bertz CT molecular complexity index is 820. The van der Waals surface area contributed by atoms with Crippen molar-refractivity contribution < 1.29 is 27.1 Å². The lowest BCUT2D eigenvalue weighted by Crippen LogP contribution is -2.18. The summed E-state index contributed by atoms with van der Waals surface area (Å²) in [5.74, 6) is -5.49. The first-order valence-corrected chi connectivity index (χ1v) is 6.69. The highest BCUT2D eigenvalue weighted by atomic mass is 32.2. The molecule has 0 amide bonds. The van der Waals surface area contributed by atoms with Gasteiger partial charge >= 0.3 is 5.97 Å². The predicted molar refractivity (Wildman–Crippen MR) is 62.9 cm³/mol. The smallest absolute Gasteiger partial charge is 0.341 e. The average molecular weight is 319 g/mol. The number of benzene rings is 1. The largest absolute Gasteiger partial charge is 0.477 e. The van der Waals surface area contributed by atoms with Gasteiger partial charge in [-0.05, 0) is 17.3 Å². The number of nitrogens with zero attached hydrogens (tertiary/aromatic N) is 4. The first-order valence-electron chi connectivity index (χ1n) is 5.20. The highest BCUT2D eigenvalue weighted by Crippen LogP contribution is 2.22. The van der Waals surface area contributed by atoms with Crippen molar-refractivity contribution in [2.45, 2.75) is 4.90 Å². The van der Waals surface area contributed by atoms with Crippen LogP contribution in [0.3, 0.4) is 0 Å². The third-order valence-corrected chi connectivity index (χ3v) is 3.64. The molecule has 0 saturated heterocycles. The average Bonchev–Trinajstić information content (AvgIpc) is 2.72. The lowest BCUT2D eigenvalue weighted by atomic mass is 10.2. The van der Waals surface area contributed by atoms with E-state index in [1.165, 1.54) is 7.05 Å². The van der Waals surface area contributed by atoms with Crippen LogP contribution in [0.15, 0.2) is 17.0 Å². The molecule has 0 aliphatic rings. The fourth-order valence-corrected chi connectivity index (χ4v) is 2.45. The van der Waals surface area contributed by atoms with Crippen LogP contribution in [0.1, 0.15) is 10.4 Å². The third kappa shape index (κ3) is 2.79. The minimum absolute atomic E-state index is 0.446. The van der Waals surface area contributed by atoms with Crippen LogP contribution in [-0.4, -0.2) is 39.7 Å². The fraction of sp³-hybridized carbons (Fsp3) is 0.111. The Morgan fingerprint density at radius 1 is 1.38 bits per heavy atom. The van der Waals surface area contributed by atoms with Gasteiger partial charge in [-0.3, -0.25) is 0 Å². The molecule has 0 aliphatic carbocycles. The van der Waals surface area contributed by atoms with Crippen molar-refractivity contribution in [3.05, 3.63) is 29.3 Å². The standard InChI is InChI=1S/C9H7F2N5O4S/c1-16-13-9(12-15-16)14-21(19,20)5-3-2-4(10)6(7(5)11)8(17)18/h2-3H,1H3,(H,13,14)(H,17,18). The van der Waals surface area contributed by atoms with E-state index >= 15 is 0 Å². The van der Waals surface area contributed by atoms with E-state index in [-0.39, 0.29) is 0 Å². The molecule has 0 bridgehead atoms. The summed E-state index contributed by atoms with van der Waals surface area (Å²) >= 11 is 0. The molecule has 0 atom stereocenters. The number of sulfonamides is 1. The molecule has 0 fully saturated rings. The zero-order valence-corrected chi connectivity index (χ0v) is 11.1. The van der Waals surface area contributed by atoms with Crippen LogP contribution in [0.5, 0.6) is 0 Å². The molecule has 0 spiro atoms. The van der Waals surface area contributed by atoms with Crippen LogP contribution in [0.4, 0.5) is 14.7 Å². The number of aromatic nitrogens is 4. The minimum atomic E-state index is -4.54. The number of hydrogen-bond donors (Lipinski definition) is 2. The van der Waals surface area contributed by atoms with E-state index in [0.29, 0.717) is 12.1 Å². The maximum atomic E-state index is 13.9. The number of anilines is 1. The second kappa shape index (κ2) is 5.05. The molecule has 0 radical (unpaired) electrons. The normalized spacial score (nSPS) is 11.4. The SMILES string of the molecule is Cn1nnc(NS(=O)(=O)c2ccc(F)c(C(=O)O)c2F)n1. The van der Waals surface area contributed by atoms with Gasteiger partial charge in [0.2, 0.25) is 0 Å². The van der Waals surface area contributed by atoms with Crippen LogP contribution >= 0.6 is 0 Å². The van der Waals surface area contributed by atoms with E-state index < -0.39 is 44.0 Å². The lowest BCUT2D eigenvalue weighted by molar-refractivity contribution is 0.0685. The van der Waals surface area contributed by atoms with E-state index in [4.69, 9.17) is 5.11 Å². The van der Waals surface area contributed by atoms with Crippen LogP contribution in [-0.2, 0) is 17.1 Å². The van der Waals surface area contributed by atoms with Crippen molar-refractivity contribution in [3.63, 3.8) is 0 Å². The summed E-state index contributed by atoms with van der Waals surface area (Å²) in [7, 11) is -3.17. The van der Waals surface area contributed by atoms with Gasteiger partial charge in [-0.15, -0.1) is 5.10 Å². The highest BCUT2D eigenvalue weighted by molar-refractivity contribution is 7.92. The zero-order chi connectivity index (χ0) is 15.8. The number of carboxylic acid groups (broad SMARTS) is 1. The van der Waals surface area contributed by atoms with E-state index in [9.17, 15) is 22.0 Å². The predicted octanol–water partition coefficient (Wildman–Crippen LogP) is -0.0127. The van der Waals surface area contributed by atoms with Crippen molar-refractivity contribution in [3.8, 4) is 0 Å².